The van der Waals surface area contributed by atoms with Crippen LogP contribution < -0.4 is 0 Å². The van der Waals surface area contributed by atoms with Gasteiger partial charge in [-0.05, 0) is 0 Å². The quantitative estimate of drug-likeness (QED) is 0.398. The van der Waals surface area contributed by atoms with Gasteiger partial charge in [0.15, 0.2) is 0 Å². The smallest absolute Gasteiger partial charge is 0 e. The minimum Gasteiger partial charge on any atom is -0.412 e. The van der Waals surface area contributed by atoms with Gasteiger partial charge >= 0.3 is 0 Å². The van der Waals surface area contributed by atoms with Gasteiger partial charge in [-0.1, -0.05) is 0 Å². The average Bonchev–Trinajstić information content (AvgIpc) is 0. The Bertz CT molecular complexity index is 8.00. The molecule has 0 aromatic heterocycles. The van der Waals surface area contributed by atoms with Crippen molar-refractivity contribution in [3.63, 3.8) is 0 Å². The van der Waals surface area contributed by atoms with E-state index in [-0.39, 0.29) is 56.4 Å². The third-order valence-corrected chi connectivity index (χ3v) is 0. The van der Waals surface area contributed by atoms with Crippen LogP contribution in [0.5, 0.6) is 0 Å². The van der Waals surface area contributed by atoms with Crippen molar-refractivity contribution in [3.8, 4) is 0 Å². The maximum atomic E-state index is 0. The zero-order chi connectivity index (χ0) is 0. The first kappa shape index (κ1) is 49.3. The van der Waals surface area contributed by atoms with E-state index in [2.05, 4.69) is 0 Å². The zero-order valence-electron chi connectivity index (χ0n) is 1.75. The van der Waals surface area contributed by atoms with E-state index in [0.717, 1.165) is 0 Å². The second-order valence-electron chi connectivity index (χ2n) is 0. The Morgan fingerprint density at radius 1 is 1.00 bits per heavy atom. The summed E-state index contributed by atoms with van der Waals surface area (Å²) >= 11 is 0. The van der Waals surface area contributed by atoms with Gasteiger partial charge in [0, 0.05) is 50.9 Å². The molecule has 0 amide bonds. The van der Waals surface area contributed by atoms with E-state index in [4.69, 9.17) is 0 Å². The first-order chi connectivity index (χ1) is 0. The van der Waals surface area contributed by atoms with E-state index in [1.807, 2.05) is 0 Å². The molecular formula is H2AlFeNiO. The summed E-state index contributed by atoms with van der Waals surface area (Å²) in [6.07, 6.45) is 0. The van der Waals surface area contributed by atoms with Crippen molar-refractivity contribution in [1.82, 2.24) is 0 Å². The summed E-state index contributed by atoms with van der Waals surface area (Å²) in [4.78, 5) is 0. The average molecular weight is 160 g/mol. The van der Waals surface area contributed by atoms with E-state index < -0.39 is 0 Å². The largest absolute Gasteiger partial charge is 0.412 e. The van der Waals surface area contributed by atoms with Gasteiger partial charge in [-0.25, -0.2) is 0 Å². The van der Waals surface area contributed by atoms with Crippen LogP contribution >= 0.6 is 0 Å². The van der Waals surface area contributed by atoms with Crippen LogP contribution in [0, 0.1) is 0 Å². The molecular weight excluding hydrogens is 158 g/mol. The maximum Gasteiger partial charge on any atom is 0 e. The molecule has 0 fully saturated rings. The summed E-state index contributed by atoms with van der Waals surface area (Å²) in [5.74, 6) is 0. The van der Waals surface area contributed by atoms with Gasteiger partial charge in [0.2, 0.25) is 0 Å². The van der Waals surface area contributed by atoms with E-state index in [0.29, 0.717) is 0 Å². The Morgan fingerprint density at radius 3 is 1.00 bits per heavy atom. The summed E-state index contributed by atoms with van der Waals surface area (Å²) in [7, 11) is 0. The molecule has 0 aromatic carbocycles. The third-order valence-electron chi connectivity index (χ3n) is 0. The molecule has 1 nitrogen and oxygen atoms in total. The Labute approximate surface area is 56.4 Å². The van der Waals surface area contributed by atoms with Crippen LogP contribution in [0.3, 0.4) is 0 Å². The van der Waals surface area contributed by atoms with E-state index >= 15 is 0 Å². The van der Waals surface area contributed by atoms with Crippen LogP contribution in [0.2, 0.25) is 0 Å². The van der Waals surface area contributed by atoms with E-state index in [9.17, 15) is 0 Å². The second-order valence-corrected chi connectivity index (χ2v) is 0. The van der Waals surface area contributed by atoms with Gasteiger partial charge in [0.25, 0.3) is 0 Å². The molecule has 4 heteroatoms. The van der Waals surface area contributed by atoms with Gasteiger partial charge in [-0.2, -0.15) is 0 Å². The summed E-state index contributed by atoms with van der Waals surface area (Å²) < 4.78 is 0. The van der Waals surface area contributed by atoms with Crippen molar-refractivity contribution in [1.29, 1.82) is 0 Å². The Kier molecular flexibility index (Phi) is 301. The molecule has 0 bridgehead atoms. The fraction of sp³-hybridized carbons (Fsp3) is 0. The van der Waals surface area contributed by atoms with Crippen molar-refractivity contribution < 1.29 is 39.0 Å². The van der Waals surface area contributed by atoms with Crippen LogP contribution in [0.1, 0.15) is 0 Å². The topological polar surface area (TPSA) is 31.5 Å². The predicted octanol–water partition coefficient (Wildman–Crippen LogP) is -1.21. The van der Waals surface area contributed by atoms with Crippen molar-refractivity contribution in [2.75, 3.05) is 0 Å². The maximum absolute atomic E-state index is 0. The van der Waals surface area contributed by atoms with Gasteiger partial charge in [-0.3, -0.25) is 0 Å². The molecule has 29 valence electrons. The van der Waals surface area contributed by atoms with Gasteiger partial charge in [0.1, 0.15) is 0 Å². The third kappa shape index (κ3) is 9.71. The Morgan fingerprint density at radius 2 is 1.00 bits per heavy atom. The van der Waals surface area contributed by atoms with E-state index in [1.54, 1.807) is 0 Å². The minimum atomic E-state index is 0. The summed E-state index contributed by atoms with van der Waals surface area (Å²) in [5, 5.41) is 0. The first-order valence-corrected chi connectivity index (χ1v) is 0. The van der Waals surface area contributed by atoms with Gasteiger partial charge in [0.05, 0.1) is 0 Å². The summed E-state index contributed by atoms with van der Waals surface area (Å²) in [6.45, 7) is 0. The molecule has 4 heavy (non-hydrogen) atoms. The number of rotatable bonds is 0. The number of hydrogen-bond acceptors (Lipinski definition) is 0. The minimum absolute atomic E-state index is 0. The molecule has 0 atom stereocenters. The van der Waals surface area contributed by atoms with Crippen molar-refractivity contribution in [2.45, 2.75) is 0 Å². The molecule has 0 aliphatic heterocycles. The van der Waals surface area contributed by atoms with Crippen molar-refractivity contribution in [3.05, 3.63) is 0 Å². The van der Waals surface area contributed by atoms with Crippen LogP contribution in [-0.2, 0) is 33.6 Å². The molecule has 0 aliphatic carbocycles. The molecule has 0 unspecified atom stereocenters. The first-order valence-electron chi connectivity index (χ1n) is 0. The Hall–Kier alpha value is 1.51. The summed E-state index contributed by atoms with van der Waals surface area (Å²) in [5.41, 5.74) is 0. The fourth-order valence-corrected chi connectivity index (χ4v) is 0. The van der Waals surface area contributed by atoms with Crippen molar-refractivity contribution >= 4 is 17.4 Å². The monoisotopic (exact) mass is 159 g/mol. The van der Waals surface area contributed by atoms with Gasteiger partial charge in [-0.15, -0.1) is 0 Å². The van der Waals surface area contributed by atoms with Crippen molar-refractivity contribution in [2.24, 2.45) is 0 Å². The predicted molar refractivity (Wildman–Crippen MR) is 9.37 cm³/mol. The molecule has 0 aliphatic rings. The normalized spacial score (nSPS) is 0. The molecule has 0 saturated carbocycles. The van der Waals surface area contributed by atoms with Crippen LogP contribution in [0.25, 0.3) is 0 Å². The summed E-state index contributed by atoms with van der Waals surface area (Å²) in [6, 6.07) is 0. The molecule has 0 spiro atoms. The van der Waals surface area contributed by atoms with E-state index in [1.165, 1.54) is 0 Å². The van der Waals surface area contributed by atoms with Crippen LogP contribution in [-0.4, -0.2) is 22.8 Å². The molecule has 0 rings (SSSR count). The Balaban J connectivity index is 0. The standard InChI is InChI=1S/Al.Fe.Ni.H2O/h;;;1H2. The molecule has 3 radical (unpaired) electrons. The second kappa shape index (κ2) is 24.4. The SMILES string of the molecule is O.[Al].[Fe].[Ni]. The molecule has 0 heterocycles. The molecule has 0 aromatic rings. The van der Waals surface area contributed by atoms with Crippen LogP contribution in [0.15, 0.2) is 0 Å². The van der Waals surface area contributed by atoms with Gasteiger partial charge < -0.3 is 5.48 Å². The fourth-order valence-electron chi connectivity index (χ4n) is 0. The zero-order valence-corrected chi connectivity index (χ0v) is 4.99. The number of hydrogen-bond donors (Lipinski definition) is 0. The van der Waals surface area contributed by atoms with Crippen LogP contribution in [0.4, 0.5) is 0 Å². The molecule has 2 N–H and O–H groups in total. The molecule has 0 saturated heterocycles.